The molecule has 0 radical (unpaired) electrons. The largest absolute Gasteiger partial charge is 0.490 e. The van der Waals surface area contributed by atoms with Crippen molar-refractivity contribution in [3.8, 4) is 16.9 Å². The lowest BCUT2D eigenvalue weighted by atomic mass is 10.1. The average Bonchev–Trinajstić information content (AvgIpc) is 2.56. The molecule has 0 atom stereocenters. The number of hydrogen-bond acceptors (Lipinski definition) is 4. The van der Waals surface area contributed by atoms with E-state index in [1.807, 2.05) is 50.2 Å². The van der Waals surface area contributed by atoms with Gasteiger partial charge in [0.05, 0.1) is 6.61 Å². The molecule has 128 valence electrons. The number of aromatic nitrogens is 2. The summed E-state index contributed by atoms with van der Waals surface area (Å²) in [7, 11) is 0. The van der Waals surface area contributed by atoms with Crippen LogP contribution in [0.5, 0.6) is 5.75 Å². The SMILES string of the molecule is CCOc1cc(-c2cc(Cl)cc(Cl)c2)cnc1Nc1cccc(C)n1. The fourth-order valence-electron chi connectivity index (χ4n) is 2.42. The van der Waals surface area contributed by atoms with E-state index in [0.29, 0.717) is 34.0 Å². The summed E-state index contributed by atoms with van der Waals surface area (Å²) in [5.74, 6) is 1.96. The lowest BCUT2D eigenvalue weighted by molar-refractivity contribution is 0.341. The van der Waals surface area contributed by atoms with Gasteiger partial charge in [0.15, 0.2) is 11.6 Å². The molecule has 0 saturated heterocycles. The maximum atomic E-state index is 6.10. The third kappa shape index (κ3) is 4.41. The van der Waals surface area contributed by atoms with Gasteiger partial charge in [-0.15, -0.1) is 0 Å². The minimum Gasteiger partial charge on any atom is -0.490 e. The van der Waals surface area contributed by atoms with E-state index in [2.05, 4.69) is 15.3 Å². The molecule has 2 heterocycles. The molecule has 0 aliphatic heterocycles. The summed E-state index contributed by atoms with van der Waals surface area (Å²) in [5.41, 5.74) is 2.68. The summed E-state index contributed by atoms with van der Waals surface area (Å²) in [6.07, 6.45) is 1.75. The predicted molar refractivity (Wildman–Crippen MR) is 103 cm³/mol. The summed E-state index contributed by atoms with van der Waals surface area (Å²) >= 11 is 12.2. The van der Waals surface area contributed by atoms with Gasteiger partial charge in [-0.2, -0.15) is 0 Å². The molecular weight excluding hydrogens is 357 g/mol. The maximum Gasteiger partial charge on any atom is 0.174 e. The smallest absolute Gasteiger partial charge is 0.174 e. The van der Waals surface area contributed by atoms with Crippen LogP contribution in [0.4, 0.5) is 11.6 Å². The topological polar surface area (TPSA) is 47.0 Å². The summed E-state index contributed by atoms with van der Waals surface area (Å²) < 4.78 is 5.74. The standard InChI is InChI=1S/C19H17Cl2N3O/c1-3-25-17-9-14(13-7-15(20)10-16(21)8-13)11-22-19(17)24-18-6-4-5-12(2)23-18/h4-11H,3H2,1-2H3,(H,22,23,24). The molecule has 1 N–H and O–H groups in total. The second-order valence-corrected chi connectivity index (χ2v) is 6.32. The van der Waals surface area contributed by atoms with Gasteiger partial charge in [0.1, 0.15) is 5.82 Å². The average molecular weight is 374 g/mol. The highest BCUT2D eigenvalue weighted by molar-refractivity contribution is 6.35. The highest BCUT2D eigenvalue weighted by atomic mass is 35.5. The van der Waals surface area contributed by atoms with Crippen molar-refractivity contribution in [3.63, 3.8) is 0 Å². The Labute approximate surface area is 156 Å². The third-order valence-corrected chi connectivity index (χ3v) is 3.92. The number of halogens is 2. The van der Waals surface area contributed by atoms with E-state index in [0.717, 1.165) is 16.8 Å². The second-order valence-electron chi connectivity index (χ2n) is 5.45. The molecule has 4 nitrogen and oxygen atoms in total. The van der Waals surface area contributed by atoms with Gasteiger partial charge in [0.2, 0.25) is 0 Å². The van der Waals surface area contributed by atoms with Crippen LogP contribution in [-0.2, 0) is 0 Å². The fraction of sp³-hybridized carbons (Fsp3) is 0.158. The Balaban J connectivity index is 1.97. The molecule has 0 amide bonds. The summed E-state index contributed by atoms with van der Waals surface area (Å²) in [6.45, 7) is 4.39. The van der Waals surface area contributed by atoms with Gasteiger partial charge in [0, 0.05) is 27.5 Å². The molecule has 0 aliphatic carbocycles. The number of aryl methyl sites for hydroxylation is 1. The van der Waals surface area contributed by atoms with Gasteiger partial charge in [0.25, 0.3) is 0 Å². The van der Waals surface area contributed by atoms with E-state index >= 15 is 0 Å². The van der Waals surface area contributed by atoms with Crippen LogP contribution in [-0.4, -0.2) is 16.6 Å². The number of hydrogen-bond donors (Lipinski definition) is 1. The Kier molecular flexibility index (Phi) is 5.41. The van der Waals surface area contributed by atoms with E-state index < -0.39 is 0 Å². The van der Waals surface area contributed by atoms with Gasteiger partial charge >= 0.3 is 0 Å². The van der Waals surface area contributed by atoms with E-state index in [-0.39, 0.29) is 0 Å². The van der Waals surface area contributed by atoms with Crippen LogP contribution in [0.15, 0.2) is 48.7 Å². The van der Waals surface area contributed by atoms with E-state index in [1.165, 1.54) is 0 Å². The molecule has 0 fully saturated rings. The van der Waals surface area contributed by atoms with Gasteiger partial charge in [-0.3, -0.25) is 0 Å². The van der Waals surface area contributed by atoms with Gasteiger partial charge in [-0.05, 0) is 55.8 Å². The van der Waals surface area contributed by atoms with Crippen molar-refractivity contribution in [1.29, 1.82) is 0 Å². The molecule has 0 bridgehead atoms. The molecule has 6 heteroatoms. The van der Waals surface area contributed by atoms with Crippen LogP contribution in [0, 0.1) is 6.92 Å². The molecule has 0 aliphatic rings. The molecule has 3 rings (SSSR count). The molecule has 25 heavy (non-hydrogen) atoms. The molecule has 1 aromatic carbocycles. The number of nitrogens with zero attached hydrogens (tertiary/aromatic N) is 2. The maximum absolute atomic E-state index is 6.10. The molecular formula is C19H17Cl2N3O. The first-order chi connectivity index (χ1) is 12.0. The van der Waals surface area contributed by atoms with Crippen molar-refractivity contribution in [2.75, 3.05) is 11.9 Å². The lowest BCUT2D eigenvalue weighted by Crippen LogP contribution is -2.02. The fourth-order valence-corrected chi connectivity index (χ4v) is 2.94. The van der Waals surface area contributed by atoms with Crippen LogP contribution < -0.4 is 10.1 Å². The van der Waals surface area contributed by atoms with E-state index in [1.54, 1.807) is 12.3 Å². The summed E-state index contributed by atoms with van der Waals surface area (Å²) in [5, 5.41) is 4.35. The number of rotatable bonds is 5. The molecule has 0 saturated carbocycles. The summed E-state index contributed by atoms with van der Waals surface area (Å²) in [6, 6.07) is 13.1. The molecule has 3 aromatic rings. The van der Waals surface area contributed by atoms with Gasteiger partial charge in [-0.25, -0.2) is 9.97 Å². The predicted octanol–water partition coefficient (Wildman–Crippen LogP) is 5.90. The molecule has 2 aromatic heterocycles. The Morgan fingerprint density at radius 1 is 1.04 bits per heavy atom. The van der Waals surface area contributed by atoms with Crippen LogP contribution >= 0.6 is 23.2 Å². The van der Waals surface area contributed by atoms with Crippen molar-refractivity contribution in [1.82, 2.24) is 9.97 Å². The first-order valence-electron chi connectivity index (χ1n) is 7.85. The minimum atomic E-state index is 0.525. The Hall–Kier alpha value is -2.30. The molecule has 0 unspecified atom stereocenters. The highest BCUT2D eigenvalue weighted by Crippen LogP contribution is 2.33. The second kappa shape index (κ2) is 7.72. The first-order valence-corrected chi connectivity index (χ1v) is 8.60. The van der Waals surface area contributed by atoms with Gasteiger partial charge < -0.3 is 10.1 Å². The van der Waals surface area contributed by atoms with Crippen molar-refractivity contribution in [2.24, 2.45) is 0 Å². The van der Waals surface area contributed by atoms with Crippen LogP contribution in [0.1, 0.15) is 12.6 Å². The number of anilines is 2. The van der Waals surface area contributed by atoms with Crippen molar-refractivity contribution in [2.45, 2.75) is 13.8 Å². The summed E-state index contributed by atoms with van der Waals surface area (Å²) in [4.78, 5) is 8.93. The van der Waals surface area contributed by atoms with Gasteiger partial charge in [-0.1, -0.05) is 29.3 Å². The zero-order chi connectivity index (χ0) is 17.8. The van der Waals surface area contributed by atoms with Crippen LogP contribution in [0.3, 0.4) is 0 Å². The highest BCUT2D eigenvalue weighted by Gasteiger charge is 2.10. The molecule has 0 spiro atoms. The van der Waals surface area contributed by atoms with Crippen molar-refractivity contribution >= 4 is 34.8 Å². The zero-order valence-electron chi connectivity index (χ0n) is 13.9. The third-order valence-electron chi connectivity index (χ3n) is 3.48. The number of nitrogens with one attached hydrogen (secondary N) is 1. The minimum absolute atomic E-state index is 0.525. The van der Waals surface area contributed by atoms with Crippen molar-refractivity contribution < 1.29 is 4.74 Å². The monoisotopic (exact) mass is 373 g/mol. The number of pyridine rings is 2. The number of benzene rings is 1. The quantitative estimate of drug-likeness (QED) is 0.604. The lowest BCUT2D eigenvalue weighted by Gasteiger charge is -2.13. The number of ether oxygens (including phenoxy) is 1. The zero-order valence-corrected chi connectivity index (χ0v) is 15.4. The first kappa shape index (κ1) is 17.5. The van der Waals surface area contributed by atoms with Crippen LogP contribution in [0.25, 0.3) is 11.1 Å². The van der Waals surface area contributed by atoms with E-state index in [9.17, 15) is 0 Å². The normalized spacial score (nSPS) is 10.6. The van der Waals surface area contributed by atoms with E-state index in [4.69, 9.17) is 27.9 Å². The Morgan fingerprint density at radius 3 is 2.48 bits per heavy atom. The van der Waals surface area contributed by atoms with Crippen molar-refractivity contribution in [3.05, 3.63) is 64.4 Å². The van der Waals surface area contributed by atoms with Crippen LogP contribution in [0.2, 0.25) is 10.0 Å². The Bertz CT molecular complexity index is 879. The Morgan fingerprint density at radius 2 is 1.80 bits per heavy atom.